The molecule has 112 valence electrons. The molecular formula is C15H24N2O3. The van der Waals surface area contributed by atoms with E-state index in [1.165, 1.54) is 0 Å². The number of methoxy groups -OCH3 is 1. The molecule has 20 heavy (non-hydrogen) atoms. The number of ether oxygens (including phenoxy) is 2. The van der Waals surface area contributed by atoms with Crippen molar-refractivity contribution >= 4 is 11.6 Å². The molecule has 1 rings (SSSR count). The second-order valence-electron chi connectivity index (χ2n) is 4.86. The minimum Gasteiger partial charge on any atom is -0.495 e. The molecule has 0 spiro atoms. The Bertz CT molecular complexity index is 449. The smallest absolute Gasteiger partial charge is 0.260 e. The molecule has 0 bridgehead atoms. The number of hydrogen-bond acceptors (Lipinski definition) is 4. The third-order valence-electron chi connectivity index (χ3n) is 2.99. The van der Waals surface area contributed by atoms with Gasteiger partial charge in [-0.3, -0.25) is 4.79 Å². The van der Waals surface area contributed by atoms with E-state index in [1.54, 1.807) is 32.2 Å². The Labute approximate surface area is 120 Å². The minimum atomic E-state index is -0.567. The Hall–Kier alpha value is -1.91. The van der Waals surface area contributed by atoms with Gasteiger partial charge < -0.3 is 20.5 Å². The summed E-state index contributed by atoms with van der Waals surface area (Å²) in [5, 5.41) is 2.92. The number of hydrogen-bond donors (Lipinski definition) is 2. The lowest BCUT2D eigenvalue weighted by Gasteiger charge is -2.18. The van der Waals surface area contributed by atoms with Crippen LogP contribution in [0.4, 0.5) is 5.69 Å². The van der Waals surface area contributed by atoms with Gasteiger partial charge in [0, 0.05) is 12.1 Å². The van der Waals surface area contributed by atoms with Crippen molar-refractivity contribution in [3.05, 3.63) is 18.2 Å². The molecule has 1 aromatic carbocycles. The maximum absolute atomic E-state index is 11.9. The number of nitrogen functional groups attached to an aromatic ring is 1. The van der Waals surface area contributed by atoms with Gasteiger partial charge in [-0.05, 0) is 32.4 Å². The van der Waals surface area contributed by atoms with Crippen molar-refractivity contribution in [2.75, 3.05) is 12.8 Å². The molecule has 0 aliphatic carbocycles. The van der Waals surface area contributed by atoms with E-state index >= 15 is 0 Å². The van der Waals surface area contributed by atoms with Crippen LogP contribution in [0.5, 0.6) is 11.5 Å². The van der Waals surface area contributed by atoms with E-state index in [2.05, 4.69) is 12.2 Å². The lowest BCUT2D eigenvalue weighted by molar-refractivity contribution is -0.127. The summed E-state index contributed by atoms with van der Waals surface area (Å²) in [6.07, 6.45) is 1.42. The van der Waals surface area contributed by atoms with Crippen LogP contribution < -0.4 is 20.5 Å². The van der Waals surface area contributed by atoms with Gasteiger partial charge in [-0.25, -0.2) is 0 Å². The first kappa shape index (κ1) is 16.1. The largest absolute Gasteiger partial charge is 0.495 e. The molecule has 5 heteroatoms. The summed E-state index contributed by atoms with van der Waals surface area (Å²) in [6.45, 7) is 5.79. The van der Waals surface area contributed by atoms with E-state index in [0.29, 0.717) is 17.2 Å². The lowest BCUT2D eigenvalue weighted by atomic mass is 10.2. The Morgan fingerprint density at radius 2 is 2.10 bits per heavy atom. The van der Waals surface area contributed by atoms with Crippen molar-refractivity contribution in [1.82, 2.24) is 5.32 Å². The molecule has 0 radical (unpaired) electrons. The predicted molar refractivity (Wildman–Crippen MR) is 80.0 cm³/mol. The zero-order valence-corrected chi connectivity index (χ0v) is 12.6. The van der Waals surface area contributed by atoms with Crippen LogP contribution >= 0.6 is 0 Å². The summed E-state index contributed by atoms with van der Waals surface area (Å²) in [6, 6.07) is 5.25. The lowest BCUT2D eigenvalue weighted by Crippen LogP contribution is -2.41. The Morgan fingerprint density at radius 1 is 1.40 bits per heavy atom. The van der Waals surface area contributed by atoms with Gasteiger partial charge in [-0.15, -0.1) is 0 Å². The summed E-state index contributed by atoms with van der Waals surface area (Å²) >= 11 is 0. The normalized spacial score (nSPS) is 13.4. The van der Waals surface area contributed by atoms with E-state index in [4.69, 9.17) is 15.2 Å². The zero-order chi connectivity index (χ0) is 15.1. The molecule has 0 saturated heterocycles. The van der Waals surface area contributed by atoms with Crippen LogP contribution in [0.1, 0.15) is 33.6 Å². The van der Waals surface area contributed by atoms with Gasteiger partial charge in [0.2, 0.25) is 0 Å². The summed E-state index contributed by atoms with van der Waals surface area (Å²) in [5.41, 5.74) is 6.28. The highest BCUT2D eigenvalue weighted by Gasteiger charge is 2.17. The molecule has 1 aromatic rings. The van der Waals surface area contributed by atoms with Crippen LogP contribution in [-0.2, 0) is 4.79 Å². The fourth-order valence-corrected chi connectivity index (χ4v) is 1.91. The van der Waals surface area contributed by atoms with E-state index in [-0.39, 0.29) is 11.9 Å². The molecule has 0 saturated carbocycles. The minimum absolute atomic E-state index is 0.125. The van der Waals surface area contributed by atoms with Crippen molar-refractivity contribution in [2.45, 2.75) is 45.8 Å². The Balaban J connectivity index is 2.59. The van der Waals surface area contributed by atoms with E-state index in [0.717, 1.165) is 12.8 Å². The van der Waals surface area contributed by atoms with Crippen molar-refractivity contribution in [2.24, 2.45) is 0 Å². The number of carbonyl (C=O) groups excluding carboxylic acids is 1. The number of benzene rings is 1. The van der Waals surface area contributed by atoms with Crippen molar-refractivity contribution < 1.29 is 14.3 Å². The standard InChI is InChI=1S/C15H24N2O3/c1-5-6-10(2)17-15(18)11(3)20-12-7-8-14(19-4)13(16)9-12/h7-11H,5-6,16H2,1-4H3,(H,17,18). The van der Waals surface area contributed by atoms with Crippen molar-refractivity contribution in [1.29, 1.82) is 0 Å². The fraction of sp³-hybridized carbons (Fsp3) is 0.533. The quantitative estimate of drug-likeness (QED) is 0.752. The molecule has 2 atom stereocenters. The maximum atomic E-state index is 11.9. The first-order chi connectivity index (χ1) is 9.47. The van der Waals surface area contributed by atoms with E-state index in [1.807, 2.05) is 6.92 Å². The molecule has 3 N–H and O–H groups in total. The van der Waals surface area contributed by atoms with Crippen molar-refractivity contribution in [3.63, 3.8) is 0 Å². The first-order valence-corrected chi connectivity index (χ1v) is 6.88. The molecule has 0 fully saturated rings. The first-order valence-electron chi connectivity index (χ1n) is 6.88. The monoisotopic (exact) mass is 280 g/mol. The van der Waals surface area contributed by atoms with Gasteiger partial charge in [-0.1, -0.05) is 13.3 Å². The predicted octanol–water partition coefficient (Wildman–Crippen LogP) is 2.35. The van der Waals surface area contributed by atoms with E-state index < -0.39 is 6.10 Å². The number of nitrogens with one attached hydrogen (secondary N) is 1. The summed E-state index contributed by atoms with van der Waals surface area (Å²) in [7, 11) is 1.55. The number of carbonyl (C=O) groups is 1. The molecule has 2 unspecified atom stereocenters. The molecular weight excluding hydrogens is 256 g/mol. The average Bonchev–Trinajstić information content (AvgIpc) is 2.39. The summed E-state index contributed by atoms with van der Waals surface area (Å²) < 4.78 is 10.7. The molecule has 5 nitrogen and oxygen atoms in total. The van der Waals surface area contributed by atoms with Crippen LogP contribution in [0.25, 0.3) is 0 Å². The van der Waals surface area contributed by atoms with E-state index in [9.17, 15) is 4.79 Å². The number of amides is 1. The van der Waals surface area contributed by atoms with Gasteiger partial charge >= 0.3 is 0 Å². The van der Waals surface area contributed by atoms with Gasteiger partial charge in [0.15, 0.2) is 6.10 Å². The SMILES string of the molecule is CCCC(C)NC(=O)C(C)Oc1ccc(OC)c(N)c1. The highest BCUT2D eigenvalue weighted by Crippen LogP contribution is 2.26. The molecule has 0 aliphatic rings. The fourth-order valence-electron chi connectivity index (χ4n) is 1.91. The van der Waals surface area contributed by atoms with Crippen molar-refractivity contribution in [3.8, 4) is 11.5 Å². The highest BCUT2D eigenvalue weighted by atomic mass is 16.5. The number of rotatable bonds is 7. The van der Waals surface area contributed by atoms with Gasteiger partial charge in [0.05, 0.1) is 12.8 Å². The van der Waals surface area contributed by atoms with Gasteiger partial charge in [0.25, 0.3) is 5.91 Å². The zero-order valence-electron chi connectivity index (χ0n) is 12.6. The number of anilines is 1. The average molecular weight is 280 g/mol. The summed E-state index contributed by atoms with van der Waals surface area (Å²) in [5.74, 6) is 1.01. The topological polar surface area (TPSA) is 73.6 Å². The Kier molecular flexibility index (Phi) is 6.15. The van der Waals surface area contributed by atoms with Gasteiger partial charge in [-0.2, -0.15) is 0 Å². The van der Waals surface area contributed by atoms with Crippen LogP contribution in [-0.4, -0.2) is 25.2 Å². The second kappa shape index (κ2) is 7.62. The molecule has 0 aliphatic heterocycles. The van der Waals surface area contributed by atoms with Crippen LogP contribution in [0.2, 0.25) is 0 Å². The van der Waals surface area contributed by atoms with Crippen LogP contribution in [0.15, 0.2) is 18.2 Å². The molecule has 0 heterocycles. The molecule has 1 amide bonds. The molecule has 0 aromatic heterocycles. The Morgan fingerprint density at radius 3 is 2.65 bits per heavy atom. The second-order valence-corrected chi connectivity index (χ2v) is 4.86. The van der Waals surface area contributed by atoms with Crippen LogP contribution in [0, 0.1) is 0 Å². The highest BCUT2D eigenvalue weighted by molar-refractivity contribution is 5.81. The maximum Gasteiger partial charge on any atom is 0.260 e. The third-order valence-corrected chi connectivity index (χ3v) is 2.99. The summed E-state index contributed by atoms with van der Waals surface area (Å²) in [4.78, 5) is 11.9. The number of nitrogens with two attached hydrogens (primary N) is 1. The third kappa shape index (κ3) is 4.64. The van der Waals surface area contributed by atoms with Crippen LogP contribution in [0.3, 0.4) is 0 Å². The van der Waals surface area contributed by atoms with Gasteiger partial charge in [0.1, 0.15) is 11.5 Å².